The monoisotopic (exact) mass is 407 g/mol. The number of non-ortho nitro benzene ring substituents is 1. The third-order valence-corrected chi connectivity index (χ3v) is 5.16. The third kappa shape index (κ3) is 2.98. The van der Waals surface area contributed by atoms with Crippen LogP contribution < -0.4 is 10.9 Å². The molecule has 3 heterocycles. The molecule has 1 saturated heterocycles. The van der Waals surface area contributed by atoms with Crippen molar-refractivity contribution in [3.05, 3.63) is 86.0 Å². The van der Waals surface area contributed by atoms with E-state index in [2.05, 4.69) is 10.3 Å². The van der Waals surface area contributed by atoms with Gasteiger partial charge in [-0.15, -0.1) is 0 Å². The molecule has 0 bridgehead atoms. The number of nitrogens with zero attached hydrogens (tertiary/aromatic N) is 4. The van der Waals surface area contributed by atoms with Crippen molar-refractivity contribution >= 4 is 23.3 Å². The second kappa shape index (κ2) is 6.76. The lowest BCUT2D eigenvalue weighted by Crippen LogP contribution is -2.40. The van der Waals surface area contributed by atoms with Gasteiger partial charge in [0, 0.05) is 23.9 Å². The lowest BCUT2D eigenvalue weighted by atomic mass is 9.91. The molecule has 1 aliphatic heterocycles. The summed E-state index contributed by atoms with van der Waals surface area (Å²) in [6.07, 6.45) is 0. The summed E-state index contributed by atoms with van der Waals surface area (Å²) >= 11 is 0. The fraction of sp³-hybridized carbons (Fsp3) is 0.200. The normalized spacial score (nSPS) is 18.7. The van der Waals surface area contributed by atoms with Crippen molar-refractivity contribution in [3.63, 3.8) is 0 Å². The average molecular weight is 407 g/mol. The van der Waals surface area contributed by atoms with E-state index < -0.39 is 22.4 Å². The lowest BCUT2D eigenvalue weighted by molar-refractivity contribution is -0.385. The molecule has 4 rings (SSSR count). The Morgan fingerprint density at radius 1 is 1.13 bits per heavy atom. The van der Waals surface area contributed by atoms with E-state index >= 15 is 0 Å². The zero-order valence-electron chi connectivity index (χ0n) is 16.2. The highest BCUT2D eigenvalue weighted by Gasteiger charge is 2.49. The van der Waals surface area contributed by atoms with Crippen molar-refractivity contribution in [3.8, 4) is 0 Å². The second-order valence-corrected chi connectivity index (χ2v) is 7.20. The van der Waals surface area contributed by atoms with E-state index in [1.807, 2.05) is 0 Å². The van der Waals surface area contributed by atoms with Crippen molar-refractivity contribution in [1.82, 2.24) is 19.6 Å². The van der Waals surface area contributed by atoms with Crippen molar-refractivity contribution in [1.29, 1.82) is 0 Å². The Balaban J connectivity index is 1.69. The molecule has 10 heteroatoms. The number of carbonyl (C=O) groups excluding carboxylic acids is 2. The first-order valence-electron chi connectivity index (χ1n) is 9.08. The van der Waals surface area contributed by atoms with E-state index in [0.29, 0.717) is 16.9 Å². The van der Waals surface area contributed by atoms with Gasteiger partial charge in [-0.1, -0.05) is 18.2 Å². The molecule has 3 amide bonds. The molecule has 1 N–H and O–H groups in total. The minimum atomic E-state index is -1.47. The van der Waals surface area contributed by atoms with Gasteiger partial charge in [0.05, 0.1) is 17.2 Å². The van der Waals surface area contributed by atoms with Gasteiger partial charge in [0.1, 0.15) is 11.2 Å². The number of amides is 3. The number of carbonyl (C=O) groups is 2. The molecule has 1 unspecified atom stereocenters. The van der Waals surface area contributed by atoms with Crippen LogP contribution in [0.1, 0.15) is 23.9 Å². The SMILES string of the molecule is Cc1cccc2nc(CN3C(=O)NC(C)(c4cccc([N+](=O)[O-])c4)C3=O)cc(=O)n12. The lowest BCUT2D eigenvalue weighted by Gasteiger charge is -2.22. The fourth-order valence-corrected chi connectivity index (χ4v) is 3.57. The molecule has 1 aromatic carbocycles. The van der Waals surface area contributed by atoms with E-state index in [-0.39, 0.29) is 23.5 Å². The van der Waals surface area contributed by atoms with Gasteiger partial charge in [0.25, 0.3) is 17.2 Å². The quantitative estimate of drug-likeness (QED) is 0.400. The number of aromatic nitrogens is 2. The van der Waals surface area contributed by atoms with Crippen LogP contribution >= 0.6 is 0 Å². The minimum Gasteiger partial charge on any atom is -0.319 e. The smallest absolute Gasteiger partial charge is 0.319 e. The highest BCUT2D eigenvalue weighted by Crippen LogP contribution is 2.31. The van der Waals surface area contributed by atoms with E-state index in [1.165, 1.54) is 41.7 Å². The van der Waals surface area contributed by atoms with Crippen LogP contribution in [0.15, 0.2) is 53.3 Å². The maximum atomic E-state index is 13.1. The predicted molar refractivity (Wildman–Crippen MR) is 106 cm³/mol. The highest BCUT2D eigenvalue weighted by atomic mass is 16.6. The van der Waals surface area contributed by atoms with Crippen molar-refractivity contribution < 1.29 is 14.5 Å². The number of rotatable bonds is 4. The number of nitro benzene ring substituents is 1. The van der Waals surface area contributed by atoms with Crippen LogP contribution in [0.4, 0.5) is 10.5 Å². The van der Waals surface area contributed by atoms with Crippen LogP contribution in [0.5, 0.6) is 0 Å². The van der Waals surface area contributed by atoms with Crippen LogP contribution in [0, 0.1) is 17.0 Å². The summed E-state index contributed by atoms with van der Waals surface area (Å²) in [5.74, 6) is -0.584. The summed E-state index contributed by atoms with van der Waals surface area (Å²) in [6, 6.07) is 11.4. The maximum absolute atomic E-state index is 13.1. The fourth-order valence-electron chi connectivity index (χ4n) is 3.57. The number of hydrogen-bond donors (Lipinski definition) is 1. The Morgan fingerprint density at radius 2 is 1.87 bits per heavy atom. The summed E-state index contributed by atoms with van der Waals surface area (Å²) in [4.78, 5) is 53.9. The van der Waals surface area contributed by atoms with Gasteiger partial charge in [-0.2, -0.15) is 0 Å². The Hall–Kier alpha value is -4.08. The number of fused-ring (bicyclic) bond motifs is 1. The van der Waals surface area contributed by atoms with E-state index in [9.17, 15) is 24.5 Å². The molecule has 10 nitrogen and oxygen atoms in total. The van der Waals surface area contributed by atoms with Crippen LogP contribution in [0.3, 0.4) is 0 Å². The zero-order valence-corrected chi connectivity index (χ0v) is 16.2. The first kappa shape index (κ1) is 19.2. The number of benzene rings is 1. The van der Waals surface area contributed by atoms with Crippen molar-refractivity contribution in [2.24, 2.45) is 0 Å². The number of aryl methyl sites for hydroxylation is 1. The molecule has 30 heavy (non-hydrogen) atoms. The predicted octanol–water partition coefficient (Wildman–Crippen LogP) is 1.88. The molecule has 2 aromatic heterocycles. The average Bonchev–Trinajstić information content (AvgIpc) is 2.92. The molecule has 152 valence electrons. The molecule has 0 saturated carbocycles. The molecular formula is C20H17N5O5. The summed E-state index contributed by atoms with van der Waals surface area (Å²) in [5, 5.41) is 13.7. The maximum Gasteiger partial charge on any atom is 0.325 e. The largest absolute Gasteiger partial charge is 0.325 e. The highest BCUT2D eigenvalue weighted by molar-refractivity contribution is 6.07. The number of imide groups is 1. The van der Waals surface area contributed by atoms with Crippen LogP contribution in [-0.2, 0) is 16.9 Å². The van der Waals surface area contributed by atoms with Gasteiger partial charge in [0.2, 0.25) is 0 Å². The van der Waals surface area contributed by atoms with Crippen molar-refractivity contribution in [2.75, 3.05) is 0 Å². The molecule has 0 spiro atoms. The molecule has 0 radical (unpaired) electrons. The number of urea groups is 1. The number of pyridine rings is 1. The summed E-state index contributed by atoms with van der Waals surface area (Å²) in [5.41, 5.74) is -0.297. The Morgan fingerprint density at radius 3 is 2.60 bits per heavy atom. The van der Waals surface area contributed by atoms with E-state index in [1.54, 1.807) is 25.1 Å². The minimum absolute atomic E-state index is 0.186. The number of hydrogen-bond acceptors (Lipinski definition) is 6. The van der Waals surface area contributed by atoms with E-state index in [0.717, 1.165) is 4.90 Å². The van der Waals surface area contributed by atoms with Crippen molar-refractivity contribution in [2.45, 2.75) is 25.9 Å². The zero-order chi connectivity index (χ0) is 21.6. The van der Waals surface area contributed by atoms with Gasteiger partial charge < -0.3 is 5.32 Å². The number of nitro groups is 1. The molecule has 0 aliphatic carbocycles. The van der Waals surface area contributed by atoms with Gasteiger partial charge in [-0.3, -0.25) is 29.0 Å². The topological polar surface area (TPSA) is 127 Å². The standard InChI is InChI=1S/C20H17N5O5/c1-12-5-3-8-16-21-14(10-17(26)24(12)16)11-23-18(27)20(2,22-19(23)28)13-6-4-7-15(9-13)25(29)30/h3-10H,11H2,1-2H3,(H,22,28). The summed E-state index contributed by atoms with van der Waals surface area (Å²) in [6.45, 7) is 3.06. The molecular weight excluding hydrogens is 390 g/mol. The van der Waals surface area contributed by atoms with Gasteiger partial charge in [0.15, 0.2) is 0 Å². The molecule has 1 aliphatic rings. The molecule has 1 fully saturated rings. The first-order valence-corrected chi connectivity index (χ1v) is 9.08. The Kier molecular flexibility index (Phi) is 4.34. The second-order valence-electron chi connectivity index (χ2n) is 7.20. The first-order chi connectivity index (χ1) is 14.2. The number of nitrogens with one attached hydrogen (secondary N) is 1. The third-order valence-electron chi connectivity index (χ3n) is 5.16. The molecule has 1 atom stereocenters. The van der Waals surface area contributed by atoms with Crippen LogP contribution in [-0.4, -0.2) is 31.1 Å². The Labute approximate surface area is 169 Å². The van der Waals surface area contributed by atoms with Gasteiger partial charge >= 0.3 is 6.03 Å². The molecule has 3 aromatic rings. The van der Waals surface area contributed by atoms with Gasteiger partial charge in [-0.05, 0) is 31.5 Å². The van der Waals surface area contributed by atoms with Crippen LogP contribution in [0.2, 0.25) is 0 Å². The Bertz CT molecular complexity index is 1280. The summed E-state index contributed by atoms with van der Waals surface area (Å²) < 4.78 is 1.43. The van der Waals surface area contributed by atoms with Gasteiger partial charge in [-0.25, -0.2) is 9.78 Å². The van der Waals surface area contributed by atoms with Crippen LogP contribution in [0.25, 0.3) is 5.65 Å². The summed E-state index contributed by atoms with van der Waals surface area (Å²) in [7, 11) is 0. The van der Waals surface area contributed by atoms with E-state index in [4.69, 9.17) is 0 Å².